The first-order valence-corrected chi connectivity index (χ1v) is 11.9. The summed E-state index contributed by atoms with van der Waals surface area (Å²) in [4.78, 5) is 54.2. The van der Waals surface area contributed by atoms with Crippen LogP contribution in [0.5, 0.6) is 5.75 Å². The number of rotatable bonds is 4. The smallest absolute Gasteiger partial charge is 0.316 e. The monoisotopic (exact) mass is 460 g/mol. The van der Waals surface area contributed by atoms with E-state index in [1.165, 1.54) is 4.90 Å². The van der Waals surface area contributed by atoms with Crippen molar-refractivity contribution < 1.29 is 23.9 Å². The number of amides is 3. The fourth-order valence-electron chi connectivity index (χ4n) is 5.52. The molecule has 3 atom stereocenters. The van der Waals surface area contributed by atoms with Crippen LogP contribution in [0.25, 0.3) is 0 Å². The van der Waals surface area contributed by atoms with E-state index in [4.69, 9.17) is 4.74 Å². The second-order valence-electron chi connectivity index (χ2n) is 9.68. The molecule has 0 unspecified atom stereocenters. The number of imide groups is 1. The average Bonchev–Trinajstić information content (AvgIpc) is 3.31. The number of anilines is 2. The predicted molar refractivity (Wildman–Crippen MR) is 126 cm³/mol. The van der Waals surface area contributed by atoms with Crippen LogP contribution in [0.15, 0.2) is 42.5 Å². The third-order valence-corrected chi connectivity index (χ3v) is 7.11. The number of ether oxygens (including phenoxy) is 1. The highest BCUT2D eigenvalue weighted by Crippen LogP contribution is 2.40. The second kappa shape index (κ2) is 8.70. The Morgan fingerprint density at radius 3 is 2.18 bits per heavy atom. The molecule has 2 aliphatic heterocycles. The fraction of sp³-hybridized carbons (Fsp3) is 0.407. The highest BCUT2D eigenvalue weighted by Gasteiger charge is 2.48. The molecule has 2 heterocycles. The summed E-state index contributed by atoms with van der Waals surface area (Å²) in [5, 5.41) is 0. The molecule has 2 aromatic carbocycles. The summed E-state index contributed by atoms with van der Waals surface area (Å²) in [6, 6.07) is 12.4. The normalized spacial score (nSPS) is 24.5. The number of hydrogen-bond donors (Lipinski definition) is 0. The Hall–Kier alpha value is -3.48. The molecule has 0 N–H and O–H groups in total. The highest BCUT2D eigenvalue weighted by atomic mass is 16.5. The molecule has 34 heavy (non-hydrogen) atoms. The zero-order valence-electron chi connectivity index (χ0n) is 19.5. The topological polar surface area (TPSA) is 84.0 Å². The van der Waals surface area contributed by atoms with Crippen LogP contribution in [0, 0.1) is 31.6 Å². The molecule has 7 nitrogen and oxygen atoms in total. The number of nitrogens with zero attached hydrogens (tertiary/aromatic N) is 2. The molecular weight excluding hydrogens is 432 g/mol. The number of carbonyl (C=O) groups excluding carboxylic acids is 4. The van der Waals surface area contributed by atoms with E-state index in [-0.39, 0.29) is 48.3 Å². The van der Waals surface area contributed by atoms with E-state index < -0.39 is 11.9 Å². The molecular formula is C27H28N2O5. The maximum absolute atomic E-state index is 12.9. The van der Waals surface area contributed by atoms with Crippen LogP contribution in [-0.4, -0.2) is 30.2 Å². The fourth-order valence-corrected chi connectivity index (χ4v) is 5.52. The summed E-state index contributed by atoms with van der Waals surface area (Å²) in [6.07, 6.45) is 3.49. The van der Waals surface area contributed by atoms with Gasteiger partial charge in [0.2, 0.25) is 17.7 Å². The van der Waals surface area contributed by atoms with E-state index in [0.29, 0.717) is 5.69 Å². The molecule has 3 amide bonds. The SMILES string of the molecule is Cc1cc(C)cc(N2C[C@@H](C(=O)Oc3cccc(N4C(=O)[C@H]5CCCC[C@@H]5C4=O)c3)CC2=O)c1. The lowest BCUT2D eigenvalue weighted by molar-refractivity contribution is -0.139. The van der Waals surface area contributed by atoms with Crippen LogP contribution in [0.4, 0.5) is 11.4 Å². The minimum absolute atomic E-state index is 0.0813. The maximum Gasteiger partial charge on any atom is 0.316 e. The van der Waals surface area contributed by atoms with Gasteiger partial charge < -0.3 is 9.64 Å². The van der Waals surface area contributed by atoms with Gasteiger partial charge in [-0.1, -0.05) is 25.0 Å². The molecule has 2 aromatic rings. The molecule has 0 aromatic heterocycles. The van der Waals surface area contributed by atoms with Crippen molar-refractivity contribution in [1.29, 1.82) is 0 Å². The van der Waals surface area contributed by atoms with Gasteiger partial charge in [0.05, 0.1) is 23.4 Å². The second-order valence-corrected chi connectivity index (χ2v) is 9.68. The van der Waals surface area contributed by atoms with Crippen molar-refractivity contribution in [2.75, 3.05) is 16.3 Å². The van der Waals surface area contributed by atoms with Crippen molar-refractivity contribution in [3.05, 3.63) is 53.6 Å². The summed E-state index contributed by atoms with van der Waals surface area (Å²) in [5.41, 5.74) is 3.31. The average molecular weight is 461 g/mol. The van der Waals surface area contributed by atoms with Crippen molar-refractivity contribution in [3.8, 4) is 5.75 Å². The number of hydrogen-bond acceptors (Lipinski definition) is 5. The number of carbonyl (C=O) groups is 4. The van der Waals surface area contributed by atoms with Crippen molar-refractivity contribution in [2.45, 2.75) is 46.0 Å². The minimum Gasteiger partial charge on any atom is -0.426 e. The first kappa shape index (κ1) is 22.3. The Balaban J connectivity index is 1.30. The van der Waals surface area contributed by atoms with Gasteiger partial charge in [-0.25, -0.2) is 4.90 Å². The summed E-state index contributed by atoms with van der Waals surface area (Å²) < 4.78 is 5.60. The molecule has 0 bridgehead atoms. The molecule has 0 spiro atoms. The lowest BCUT2D eigenvalue weighted by atomic mass is 9.81. The predicted octanol–water partition coefficient (Wildman–Crippen LogP) is 3.94. The third kappa shape index (κ3) is 4.00. The van der Waals surface area contributed by atoms with Crippen LogP contribution in [0.1, 0.15) is 43.2 Å². The van der Waals surface area contributed by atoms with Gasteiger partial charge >= 0.3 is 5.97 Å². The summed E-state index contributed by atoms with van der Waals surface area (Å²) in [7, 11) is 0. The summed E-state index contributed by atoms with van der Waals surface area (Å²) in [5.74, 6) is -1.75. The van der Waals surface area contributed by atoms with Crippen LogP contribution in [0.2, 0.25) is 0 Å². The van der Waals surface area contributed by atoms with Gasteiger partial charge in [-0.2, -0.15) is 0 Å². The third-order valence-electron chi connectivity index (χ3n) is 7.11. The van der Waals surface area contributed by atoms with Gasteiger partial charge in [0.15, 0.2) is 0 Å². The van der Waals surface area contributed by atoms with Gasteiger partial charge in [0.1, 0.15) is 5.75 Å². The van der Waals surface area contributed by atoms with Gasteiger partial charge in [-0.05, 0) is 62.1 Å². The minimum atomic E-state index is -0.588. The van der Waals surface area contributed by atoms with Gasteiger partial charge in [0.25, 0.3) is 0 Å². The highest BCUT2D eigenvalue weighted by molar-refractivity contribution is 6.22. The standard InChI is InChI=1S/C27H28N2O5/c1-16-10-17(2)12-20(11-16)28-15-18(13-24(28)30)27(33)34-21-7-5-6-19(14-21)29-25(31)22-8-3-4-9-23(22)26(29)32/h5-7,10-12,14,18,22-23H,3-4,8-9,13,15H2,1-2H3/t18-,22-,23-/m0/s1. The Bertz CT molecular complexity index is 1150. The largest absolute Gasteiger partial charge is 0.426 e. The zero-order valence-corrected chi connectivity index (χ0v) is 19.5. The molecule has 2 saturated heterocycles. The summed E-state index contributed by atoms with van der Waals surface area (Å²) >= 11 is 0. The number of aryl methyl sites for hydroxylation is 2. The first-order valence-electron chi connectivity index (χ1n) is 11.9. The van der Waals surface area contributed by atoms with Crippen LogP contribution in [0.3, 0.4) is 0 Å². The number of fused-ring (bicyclic) bond motifs is 1. The summed E-state index contributed by atoms with van der Waals surface area (Å²) in [6.45, 7) is 4.20. The van der Waals surface area contributed by atoms with Crippen molar-refractivity contribution >= 4 is 35.1 Å². The molecule has 3 fully saturated rings. The first-order chi connectivity index (χ1) is 16.3. The van der Waals surface area contributed by atoms with Crippen LogP contribution >= 0.6 is 0 Å². The van der Waals surface area contributed by atoms with E-state index in [0.717, 1.165) is 42.5 Å². The lowest BCUT2D eigenvalue weighted by Gasteiger charge is -2.19. The van der Waals surface area contributed by atoms with E-state index >= 15 is 0 Å². The molecule has 1 aliphatic carbocycles. The molecule has 176 valence electrons. The number of esters is 1. The molecule has 3 aliphatic rings. The van der Waals surface area contributed by atoms with E-state index in [9.17, 15) is 19.2 Å². The Morgan fingerprint density at radius 1 is 0.882 bits per heavy atom. The maximum atomic E-state index is 12.9. The zero-order chi connectivity index (χ0) is 24.0. The molecule has 5 rings (SSSR count). The van der Waals surface area contributed by atoms with E-state index in [2.05, 4.69) is 0 Å². The van der Waals surface area contributed by atoms with Gasteiger partial charge in [0, 0.05) is 24.7 Å². The Kier molecular flexibility index (Phi) is 5.71. The molecule has 0 radical (unpaired) electrons. The van der Waals surface area contributed by atoms with E-state index in [1.54, 1.807) is 29.2 Å². The lowest BCUT2D eigenvalue weighted by Crippen LogP contribution is -2.31. The molecule has 7 heteroatoms. The van der Waals surface area contributed by atoms with Crippen molar-refractivity contribution in [1.82, 2.24) is 0 Å². The Morgan fingerprint density at radius 2 is 1.53 bits per heavy atom. The van der Waals surface area contributed by atoms with Crippen LogP contribution in [-0.2, 0) is 19.2 Å². The van der Waals surface area contributed by atoms with Crippen LogP contribution < -0.4 is 14.5 Å². The molecule has 1 saturated carbocycles. The van der Waals surface area contributed by atoms with Gasteiger partial charge in [-0.3, -0.25) is 19.2 Å². The quantitative estimate of drug-likeness (QED) is 0.392. The number of benzene rings is 2. The van der Waals surface area contributed by atoms with E-state index in [1.807, 2.05) is 32.0 Å². The van der Waals surface area contributed by atoms with Crippen molar-refractivity contribution in [3.63, 3.8) is 0 Å². The Labute approximate surface area is 198 Å². The van der Waals surface area contributed by atoms with Crippen molar-refractivity contribution in [2.24, 2.45) is 17.8 Å². The van der Waals surface area contributed by atoms with Gasteiger partial charge in [-0.15, -0.1) is 0 Å².